The van der Waals surface area contributed by atoms with Crippen molar-refractivity contribution < 1.29 is 4.79 Å². The Labute approximate surface area is 119 Å². The largest absolute Gasteiger partial charge is 0.358 e. The van der Waals surface area contributed by atoms with Gasteiger partial charge in [0.15, 0.2) is 0 Å². The number of aromatic amines is 1. The Bertz CT molecular complexity index is 630. The lowest BCUT2D eigenvalue weighted by atomic mass is 10.1. The van der Waals surface area contributed by atoms with Crippen LogP contribution in [0.3, 0.4) is 0 Å². The zero-order valence-electron chi connectivity index (χ0n) is 12.1. The highest BCUT2D eigenvalue weighted by Crippen LogP contribution is 2.25. The second kappa shape index (κ2) is 5.19. The van der Waals surface area contributed by atoms with E-state index in [1.165, 1.54) is 22.2 Å². The van der Waals surface area contributed by atoms with Gasteiger partial charge in [-0.05, 0) is 31.9 Å². The Balaban J connectivity index is 1.80. The van der Waals surface area contributed by atoms with Crippen LogP contribution in [0.5, 0.6) is 0 Å². The molecule has 2 N–H and O–H groups in total. The number of amides is 2. The molecule has 0 unspecified atom stereocenters. The standard InChI is InChI=1S/C16H21N3O/c1-11(2)17-16(20)19-9-7-13-12-5-3-4-6-14(12)18-15(13)8-10-19/h3-6,11,18H,7-10H2,1-2H3,(H,17,20). The lowest BCUT2D eigenvalue weighted by Gasteiger charge is -2.22. The molecule has 4 heteroatoms. The first-order valence-electron chi connectivity index (χ1n) is 7.29. The van der Waals surface area contributed by atoms with Crippen LogP contribution in [0.15, 0.2) is 24.3 Å². The maximum Gasteiger partial charge on any atom is 0.317 e. The summed E-state index contributed by atoms with van der Waals surface area (Å²) in [5.41, 5.74) is 3.86. The molecule has 1 aliphatic heterocycles. The Morgan fingerprint density at radius 3 is 2.80 bits per heavy atom. The highest BCUT2D eigenvalue weighted by molar-refractivity contribution is 5.85. The normalized spacial score (nSPS) is 15.2. The second-order valence-corrected chi connectivity index (χ2v) is 5.72. The van der Waals surface area contributed by atoms with Crippen molar-refractivity contribution in [1.82, 2.24) is 15.2 Å². The van der Waals surface area contributed by atoms with Crippen LogP contribution in [0.1, 0.15) is 25.1 Å². The minimum Gasteiger partial charge on any atom is -0.358 e. The van der Waals surface area contributed by atoms with E-state index >= 15 is 0 Å². The molecule has 1 aromatic heterocycles. The van der Waals surface area contributed by atoms with Crippen LogP contribution in [-0.2, 0) is 12.8 Å². The van der Waals surface area contributed by atoms with Gasteiger partial charge in [-0.15, -0.1) is 0 Å². The van der Waals surface area contributed by atoms with Crippen LogP contribution in [-0.4, -0.2) is 35.0 Å². The minimum absolute atomic E-state index is 0.0504. The molecular formula is C16H21N3O. The first-order chi connectivity index (χ1) is 9.65. The highest BCUT2D eigenvalue weighted by Gasteiger charge is 2.21. The van der Waals surface area contributed by atoms with Gasteiger partial charge < -0.3 is 15.2 Å². The SMILES string of the molecule is CC(C)NC(=O)N1CCc2[nH]c3ccccc3c2CC1. The number of nitrogens with zero attached hydrogens (tertiary/aromatic N) is 1. The van der Waals surface area contributed by atoms with Gasteiger partial charge in [0.05, 0.1) is 0 Å². The second-order valence-electron chi connectivity index (χ2n) is 5.72. The summed E-state index contributed by atoms with van der Waals surface area (Å²) in [5.74, 6) is 0. The molecule has 20 heavy (non-hydrogen) atoms. The molecule has 3 rings (SSSR count). The van der Waals surface area contributed by atoms with Crippen molar-refractivity contribution in [2.75, 3.05) is 13.1 Å². The lowest BCUT2D eigenvalue weighted by molar-refractivity contribution is 0.197. The predicted octanol–water partition coefficient (Wildman–Crippen LogP) is 2.69. The van der Waals surface area contributed by atoms with Gasteiger partial charge >= 0.3 is 6.03 Å². The number of H-pyrrole nitrogens is 1. The number of carbonyl (C=O) groups excluding carboxylic acids is 1. The molecule has 0 aliphatic carbocycles. The minimum atomic E-state index is 0.0504. The van der Waals surface area contributed by atoms with Crippen LogP contribution in [0, 0.1) is 0 Å². The summed E-state index contributed by atoms with van der Waals surface area (Å²) in [4.78, 5) is 17.5. The van der Waals surface area contributed by atoms with Gasteiger partial charge in [-0.3, -0.25) is 0 Å². The lowest BCUT2D eigenvalue weighted by Crippen LogP contribution is -2.44. The Morgan fingerprint density at radius 2 is 2.00 bits per heavy atom. The van der Waals surface area contributed by atoms with Gasteiger partial charge in [-0.2, -0.15) is 0 Å². The Morgan fingerprint density at radius 1 is 1.25 bits per heavy atom. The predicted molar refractivity (Wildman–Crippen MR) is 80.9 cm³/mol. The Kier molecular flexibility index (Phi) is 3.38. The number of carbonyl (C=O) groups is 1. The average Bonchev–Trinajstić information content (AvgIpc) is 2.62. The molecule has 2 amide bonds. The van der Waals surface area contributed by atoms with Crippen LogP contribution >= 0.6 is 0 Å². The van der Waals surface area contributed by atoms with Gasteiger partial charge in [0.1, 0.15) is 0 Å². The third-order valence-electron chi connectivity index (χ3n) is 3.86. The number of para-hydroxylation sites is 1. The summed E-state index contributed by atoms with van der Waals surface area (Å²) < 4.78 is 0. The van der Waals surface area contributed by atoms with E-state index in [-0.39, 0.29) is 12.1 Å². The van der Waals surface area contributed by atoms with Crippen LogP contribution < -0.4 is 5.32 Å². The van der Waals surface area contributed by atoms with E-state index in [0.717, 1.165) is 25.9 Å². The van der Waals surface area contributed by atoms with Crippen molar-refractivity contribution in [3.05, 3.63) is 35.5 Å². The quantitative estimate of drug-likeness (QED) is 0.823. The van der Waals surface area contributed by atoms with E-state index in [1.807, 2.05) is 18.7 Å². The third-order valence-corrected chi connectivity index (χ3v) is 3.86. The van der Waals surface area contributed by atoms with E-state index < -0.39 is 0 Å². The summed E-state index contributed by atoms with van der Waals surface area (Å²) in [6.07, 6.45) is 1.82. The molecule has 0 fully saturated rings. The fourth-order valence-electron chi connectivity index (χ4n) is 2.90. The van der Waals surface area contributed by atoms with Crippen molar-refractivity contribution in [2.45, 2.75) is 32.7 Å². The number of nitrogens with one attached hydrogen (secondary N) is 2. The molecule has 0 saturated heterocycles. The number of benzene rings is 1. The summed E-state index contributed by atoms with van der Waals surface area (Å²) in [7, 11) is 0. The fourth-order valence-corrected chi connectivity index (χ4v) is 2.90. The number of hydrogen-bond acceptors (Lipinski definition) is 1. The Hall–Kier alpha value is -1.97. The van der Waals surface area contributed by atoms with E-state index in [9.17, 15) is 4.79 Å². The first kappa shape index (κ1) is 13.0. The summed E-state index contributed by atoms with van der Waals surface area (Å²) in [6.45, 7) is 5.54. The van der Waals surface area contributed by atoms with Crippen molar-refractivity contribution in [2.24, 2.45) is 0 Å². The fraction of sp³-hybridized carbons (Fsp3) is 0.438. The van der Waals surface area contributed by atoms with Crippen molar-refractivity contribution in [3.8, 4) is 0 Å². The molecule has 1 aromatic carbocycles. The zero-order chi connectivity index (χ0) is 14.1. The molecule has 2 heterocycles. The maximum absolute atomic E-state index is 12.1. The first-order valence-corrected chi connectivity index (χ1v) is 7.29. The molecule has 4 nitrogen and oxygen atoms in total. The van der Waals surface area contributed by atoms with Crippen LogP contribution in [0.4, 0.5) is 4.79 Å². The summed E-state index contributed by atoms with van der Waals surface area (Å²) in [5, 5.41) is 4.27. The number of fused-ring (bicyclic) bond motifs is 3. The highest BCUT2D eigenvalue weighted by atomic mass is 16.2. The van der Waals surface area contributed by atoms with E-state index in [4.69, 9.17) is 0 Å². The smallest absolute Gasteiger partial charge is 0.317 e. The third kappa shape index (κ3) is 2.38. The summed E-state index contributed by atoms with van der Waals surface area (Å²) >= 11 is 0. The van der Waals surface area contributed by atoms with Gasteiger partial charge in [0.2, 0.25) is 0 Å². The number of rotatable bonds is 1. The monoisotopic (exact) mass is 271 g/mol. The van der Waals surface area contributed by atoms with Gasteiger partial charge in [0.25, 0.3) is 0 Å². The topological polar surface area (TPSA) is 48.1 Å². The molecule has 0 saturated carbocycles. The number of hydrogen-bond donors (Lipinski definition) is 2. The maximum atomic E-state index is 12.1. The molecule has 2 aromatic rings. The molecular weight excluding hydrogens is 250 g/mol. The van der Waals surface area contributed by atoms with Crippen LogP contribution in [0.2, 0.25) is 0 Å². The van der Waals surface area contributed by atoms with Crippen molar-refractivity contribution in [3.63, 3.8) is 0 Å². The van der Waals surface area contributed by atoms with E-state index in [0.29, 0.717) is 0 Å². The molecule has 0 spiro atoms. The van der Waals surface area contributed by atoms with Crippen molar-refractivity contribution >= 4 is 16.9 Å². The van der Waals surface area contributed by atoms with Gasteiger partial charge in [-0.25, -0.2) is 4.79 Å². The zero-order valence-corrected chi connectivity index (χ0v) is 12.1. The number of urea groups is 1. The molecule has 0 atom stereocenters. The van der Waals surface area contributed by atoms with Gasteiger partial charge in [-0.1, -0.05) is 18.2 Å². The van der Waals surface area contributed by atoms with Crippen molar-refractivity contribution in [1.29, 1.82) is 0 Å². The molecule has 0 radical (unpaired) electrons. The molecule has 0 bridgehead atoms. The van der Waals surface area contributed by atoms with E-state index in [2.05, 4.69) is 34.6 Å². The summed E-state index contributed by atoms with van der Waals surface area (Å²) in [6, 6.07) is 8.64. The molecule has 1 aliphatic rings. The number of aromatic nitrogens is 1. The molecule has 106 valence electrons. The average molecular weight is 271 g/mol. The van der Waals surface area contributed by atoms with Crippen LogP contribution in [0.25, 0.3) is 10.9 Å². The van der Waals surface area contributed by atoms with E-state index in [1.54, 1.807) is 0 Å². The van der Waals surface area contributed by atoms with Gasteiger partial charge in [0, 0.05) is 42.1 Å².